The summed E-state index contributed by atoms with van der Waals surface area (Å²) in [6.45, 7) is 3.59. The van der Waals surface area contributed by atoms with Crippen molar-refractivity contribution in [1.82, 2.24) is 9.21 Å². The Balaban J connectivity index is 1.75. The quantitative estimate of drug-likeness (QED) is 0.510. The largest absolute Gasteiger partial charge is 0.497 e. The molecular weight excluding hydrogens is 428 g/mol. The molecule has 2 aromatic carbocycles. The van der Waals surface area contributed by atoms with E-state index < -0.39 is 10.0 Å². The summed E-state index contributed by atoms with van der Waals surface area (Å²) in [4.78, 5) is 26.5. The van der Waals surface area contributed by atoms with Crippen molar-refractivity contribution >= 4 is 21.7 Å². The summed E-state index contributed by atoms with van der Waals surface area (Å²) in [5.74, 6) is 0.800. The minimum Gasteiger partial charge on any atom is -0.497 e. The number of nitrogens with zero attached hydrogens (tertiary/aromatic N) is 2. The molecule has 3 rings (SSSR count). The summed E-state index contributed by atoms with van der Waals surface area (Å²) >= 11 is 0. The lowest BCUT2D eigenvalue weighted by molar-refractivity contribution is -0.134. The molecule has 1 unspecified atom stereocenters. The number of Topliss-reactive ketones (excluding diaryl/α,β-unsaturated/α-hetero) is 1. The van der Waals surface area contributed by atoms with Crippen LogP contribution in [0.25, 0.3) is 0 Å². The highest BCUT2D eigenvalue weighted by molar-refractivity contribution is 7.89. The minimum absolute atomic E-state index is 0.0237. The number of ketones is 1. The Bertz CT molecular complexity index is 1060. The van der Waals surface area contributed by atoms with Gasteiger partial charge in [0.25, 0.3) is 0 Å². The molecule has 1 saturated carbocycles. The van der Waals surface area contributed by atoms with E-state index in [2.05, 4.69) is 0 Å². The van der Waals surface area contributed by atoms with Crippen LogP contribution in [0.15, 0.2) is 53.4 Å². The highest BCUT2D eigenvalue weighted by Crippen LogP contribution is 2.36. The van der Waals surface area contributed by atoms with Crippen molar-refractivity contribution in [3.05, 3.63) is 59.7 Å². The maximum Gasteiger partial charge on any atom is 0.243 e. The number of ether oxygens (including phenoxy) is 1. The first-order valence-corrected chi connectivity index (χ1v) is 12.1. The number of sulfonamides is 1. The number of carbonyl (C=O) groups is 2. The van der Waals surface area contributed by atoms with Gasteiger partial charge < -0.3 is 9.64 Å². The van der Waals surface area contributed by atoms with E-state index in [1.165, 1.54) is 38.2 Å². The van der Waals surface area contributed by atoms with Crippen molar-refractivity contribution in [2.45, 2.75) is 44.2 Å². The molecule has 7 nitrogen and oxygen atoms in total. The summed E-state index contributed by atoms with van der Waals surface area (Å²) in [7, 11) is -0.861. The van der Waals surface area contributed by atoms with E-state index in [9.17, 15) is 18.0 Å². The third-order valence-electron chi connectivity index (χ3n) is 5.96. The minimum atomic E-state index is -3.86. The van der Waals surface area contributed by atoms with Crippen LogP contribution in [-0.2, 0) is 21.4 Å². The van der Waals surface area contributed by atoms with Gasteiger partial charge in [-0.25, -0.2) is 8.42 Å². The number of hydrogen-bond acceptors (Lipinski definition) is 5. The Kier molecular flexibility index (Phi) is 7.36. The van der Waals surface area contributed by atoms with Crippen LogP contribution in [0.2, 0.25) is 0 Å². The van der Waals surface area contributed by atoms with Crippen LogP contribution in [0, 0.1) is 5.92 Å². The van der Waals surface area contributed by atoms with Crippen molar-refractivity contribution in [1.29, 1.82) is 0 Å². The van der Waals surface area contributed by atoms with Gasteiger partial charge in [0.2, 0.25) is 15.9 Å². The average molecular weight is 459 g/mol. The van der Waals surface area contributed by atoms with E-state index in [1.807, 2.05) is 31.2 Å². The second kappa shape index (κ2) is 9.83. The summed E-state index contributed by atoms with van der Waals surface area (Å²) in [6, 6.07) is 13.3. The summed E-state index contributed by atoms with van der Waals surface area (Å²) in [5.41, 5.74) is 1.39. The Morgan fingerprint density at radius 1 is 1.06 bits per heavy atom. The zero-order valence-electron chi connectivity index (χ0n) is 18.9. The first-order chi connectivity index (χ1) is 15.1. The van der Waals surface area contributed by atoms with E-state index in [1.54, 1.807) is 12.0 Å². The zero-order chi connectivity index (χ0) is 23.5. The molecule has 1 aliphatic rings. The molecular formula is C24H30N2O5S. The van der Waals surface area contributed by atoms with Crippen LogP contribution < -0.4 is 4.74 Å². The molecule has 0 bridgehead atoms. The molecule has 1 atom stereocenters. The van der Waals surface area contributed by atoms with Crippen LogP contribution >= 0.6 is 0 Å². The molecule has 32 heavy (non-hydrogen) atoms. The summed E-state index contributed by atoms with van der Waals surface area (Å²) in [5, 5.41) is 0. The van der Waals surface area contributed by atoms with E-state index in [-0.39, 0.29) is 29.2 Å². The molecule has 1 aliphatic carbocycles. The standard InChI is InChI=1S/C24H30N2O5S/c1-17(20-7-8-20)26(15-19-5-11-22(31-4)12-6-19)24(28)16-25(3)32(29,30)23-13-9-21(10-14-23)18(2)27/h5-6,9-14,17,20H,7-8,15-16H2,1-4H3. The van der Waals surface area contributed by atoms with Gasteiger partial charge in [-0.3, -0.25) is 9.59 Å². The van der Waals surface area contributed by atoms with Gasteiger partial charge in [0.1, 0.15) is 5.75 Å². The number of carbonyl (C=O) groups excluding carboxylic acids is 2. The molecule has 0 spiro atoms. The zero-order valence-corrected chi connectivity index (χ0v) is 19.8. The van der Waals surface area contributed by atoms with Crippen molar-refractivity contribution in [3.8, 4) is 5.75 Å². The average Bonchev–Trinajstić information content (AvgIpc) is 3.62. The molecule has 0 saturated heterocycles. The van der Waals surface area contributed by atoms with Gasteiger partial charge in [-0.05, 0) is 62.4 Å². The van der Waals surface area contributed by atoms with Gasteiger partial charge >= 0.3 is 0 Å². The van der Waals surface area contributed by atoms with Crippen molar-refractivity contribution in [2.24, 2.45) is 5.92 Å². The number of methoxy groups -OCH3 is 1. The predicted octanol–water partition coefficient (Wildman–Crippen LogP) is 3.35. The maximum atomic E-state index is 13.2. The lowest BCUT2D eigenvalue weighted by Gasteiger charge is -2.31. The molecule has 172 valence electrons. The summed E-state index contributed by atoms with van der Waals surface area (Å²) in [6.07, 6.45) is 2.15. The van der Waals surface area contributed by atoms with Gasteiger partial charge in [0.15, 0.2) is 5.78 Å². The first kappa shape index (κ1) is 23.9. The molecule has 0 N–H and O–H groups in total. The third kappa shape index (κ3) is 5.55. The Morgan fingerprint density at radius 3 is 2.16 bits per heavy atom. The van der Waals surface area contributed by atoms with Crippen molar-refractivity contribution in [3.63, 3.8) is 0 Å². The van der Waals surface area contributed by atoms with Crippen LogP contribution in [-0.4, -0.2) is 56.1 Å². The van der Waals surface area contributed by atoms with E-state index in [0.29, 0.717) is 18.0 Å². The molecule has 1 amide bonds. The summed E-state index contributed by atoms with van der Waals surface area (Å²) < 4.78 is 32.2. The highest BCUT2D eigenvalue weighted by atomic mass is 32.2. The lowest BCUT2D eigenvalue weighted by atomic mass is 10.1. The Labute approximate surface area is 190 Å². The lowest BCUT2D eigenvalue weighted by Crippen LogP contribution is -2.45. The number of benzene rings is 2. The maximum absolute atomic E-state index is 13.2. The second-order valence-corrected chi connectivity index (χ2v) is 10.3. The number of amides is 1. The highest BCUT2D eigenvalue weighted by Gasteiger charge is 2.35. The Morgan fingerprint density at radius 2 is 1.66 bits per heavy atom. The first-order valence-electron chi connectivity index (χ1n) is 10.6. The fourth-order valence-corrected chi connectivity index (χ4v) is 4.75. The predicted molar refractivity (Wildman–Crippen MR) is 122 cm³/mol. The van der Waals surface area contributed by atoms with Crippen LogP contribution in [0.4, 0.5) is 0 Å². The second-order valence-electron chi connectivity index (χ2n) is 8.29. The van der Waals surface area contributed by atoms with Crippen molar-refractivity contribution in [2.75, 3.05) is 20.7 Å². The molecule has 0 aromatic heterocycles. The molecule has 0 heterocycles. The fourth-order valence-electron chi connectivity index (χ4n) is 3.63. The fraction of sp³-hybridized carbons (Fsp3) is 0.417. The van der Waals surface area contributed by atoms with Gasteiger partial charge in [-0.15, -0.1) is 0 Å². The third-order valence-corrected chi connectivity index (χ3v) is 7.77. The van der Waals surface area contributed by atoms with E-state index in [4.69, 9.17) is 4.74 Å². The molecule has 8 heteroatoms. The molecule has 1 fully saturated rings. The number of hydrogen-bond donors (Lipinski definition) is 0. The topological polar surface area (TPSA) is 84.0 Å². The van der Waals surface area contributed by atoms with Gasteiger partial charge in [0, 0.05) is 25.2 Å². The molecule has 0 radical (unpaired) electrons. The molecule has 2 aromatic rings. The van der Waals surface area contributed by atoms with E-state index >= 15 is 0 Å². The van der Waals surface area contributed by atoms with Gasteiger partial charge in [-0.1, -0.05) is 24.3 Å². The SMILES string of the molecule is COc1ccc(CN(C(=O)CN(C)S(=O)(=O)c2ccc(C(C)=O)cc2)C(C)C2CC2)cc1. The smallest absolute Gasteiger partial charge is 0.243 e. The van der Waals surface area contributed by atoms with Gasteiger partial charge in [-0.2, -0.15) is 4.31 Å². The van der Waals surface area contributed by atoms with Crippen LogP contribution in [0.3, 0.4) is 0 Å². The van der Waals surface area contributed by atoms with Crippen molar-refractivity contribution < 1.29 is 22.7 Å². The van der Waals surface area contributed by atoms with Crippen LogP contribution in [0.5, 0.6) is 5.75 Å². The van der Waals surface area contributed by atoms with Gasteiger partial charge in [0.05, 0.1) is 18.6 Å². The number of rotatable bonds is 10. The monoisotopic (exact) mass is 458 g/mol. The van der Waals surface area contributed by atoms with Crippen LogP contribution in [0.1, 0.15) is 42.6 Å². The Hall–Kier alpha value is -2.71. The normalized spacial score (nSPS) is 14.8. The number of likely N-dealkylation sites (N-methyl/N-ethyl adjacent to an activating group) is 1. The molecule has 0 aliphatic heterocycles. The van der Waals surface area contributed by atoms with E-state index in [0.717, 1.165) is 28.5 Å².